The second kappa shape index (κ2) is 7.34. The fourth-order valence-corrected chi connectivity index (χ4v) is 2.55. The molecule has 0 saturated heterocycles. The minimum Gasteiger partial charge on any atom is -0.497 e. The van der Waals surface area contributed by atoms with Crippen LogP contribution < -0.4 is 4.74 Å². The normalized spacial score (nSPS) is 12.3. The highest BCUT2D eigenvalue weighted by Crippen LogP contribution is 2.19. The van der Waals surface area contributed by atoms with Crippen molar-refractivity contribution in [2.24, 2.45) is 5.92 Å². The van der Waals surface area contributed by atoms with Gasteiger partial charge in [-0.25, -0.2) is 0 Å². The molecule has 0 aliphatic carbocycles. The van der Waals surface area contributed by atoms with E-state index in [-0.39, 0.29) is 0 Å². The van der Waals surface area contributed by atoms with Crippen molar-refractivity contribution in [2.75, 3.05) is 13.0 Å². The summed E-state index contributed by atoms with van der Waals surface area (Å²) in [5, 5.41) is 4.31. The van der Waals surface area contributed by atoms with Crippen molar-refractivity contribution in [2.45, 2.75) is 26.3 Å². The second-order valence-corrected chi connectivity index (χ2v) is 5.29. The van der Waals surface area contributed by atoms with Gasteiger partial charge in [-0.1, -0.05) is 12.1 Å². The highest BCUT2D eigenvalue weighted by Gasteiger charge is 2.11. The van der Waals surface area contributed by atoms with Crippen molar-refractivity contribution in [3.63, 3.8) is 0 Å². The summed E-state index contributed by atoms with van der Waals surface area (Å²) >= 11 is 6.12. The summed E-state index contributed by atoms with van der Waals surface area (Å²) in [7, 11) is 1.69. The Kier molecular flexibility index (Phi) is 5.48. The van der Waals surface area contributed by atoms with Gasteiger partial charge in [0.05, 0.1) is 13.3 Å². The summed E-state index contributed by atoms with van der Waals surface area (Å²) in [5.41, 5.74) is 2.51. The Labute approximate surface area is 125 Å². The van der Waals surface area contributed by atoms with Crippen molar-refractivity contribution in [1.82, 2.24) is 9.78 Å². The van der Waals surface area contributed by atoms with E-state index < -0.39 is 0 Å². The number of aromatic nitrogens is 2. The molecule has 1 heterocycles. The average molecular weight is 293 g/mol. The van der Waals surface area contributed by atoms with Gasteiger partial charge >= 0.3 is 0 Å². The Morgan fingerprint density at radius 3 is 2.75 bits per heavy atom. The number of halogens is 1. The summed E-state index contributed by atoms with van der Waals surface area (Å²) in [6.45, 7) is 2.99. The Morgan fingerprint density at radius 2 is 2.10 bits per heavy atom. The molecule has 0 radical (unpaired) electrons. The second-order valence-electron chi connectivity index (χ2n) is 4.98. The van der Waals surface area contributed by atoms with E-state index in [1.54, 1.807) is 7.11 Å². The highest BCUT2D eigenvalue weighted by atomic mass is 35.5. The van der Waals surface area contributed by atoms with Gasteiger partial charge in [0.25, 0.3) is 0 Å². The standard InChI is InChI=1S/C16H21ClN2O/c1-3-19-12-15(11-18-19)8-14(10-17)7-13-5-4-6-16(9-13)20-2/h4-6,9,11-12,14H,3,7-8,10H2,1-2H3. The lowest BCUT2D eigenvalue weighted by Gasteiger charge is -2.13. The molecule has 0 N–H and O–H groups in total. The summed E-state index contributed by atoms with van der Waals surface area (Å²) in [6, 6.07) is 8.19. The minimum atomic E-state index is 0.415. The molecule has 1 aromatic heterocycles. The number of ether oxygens (including phenoxy) is 1. The molecule has 0 fully saturated rings. The summed E-state index contributed by atoms with van der Waals surface area (Å²) in [4.78, 5) is 0. The average Bonchev–Trinajstić information content (AvgIpc) is 2.94. The summed E-state index contributed by atoms with van der Waals surface area (Å²) < 4.78 is 7.21. The van der Waals surface area contributed by atoms with E-state index in [4.69, 9.17) is 16.3 Å². The quantitative estimate of drug-likeness (QED) is 0.730. The molecule has 4 heteroatoms. The van der Waals surface area contributed by atoms with Crippen LogP contribution in [0.15, 0.2) is 36.7 Å². The fourth-order valence-electron chi connectivity index (χ4n) is 2.33. The third-order valence-corrected chi connectivity index (χ3v) is 3.85. The van der Waals surface area contributed by atoms with E-state index in [1.807, 2.05) is 23.0 Å². The van der Waals surface area contributed by atoms with Gasteiger partial charge in [-0.2, -0.15) is 5.10 Å². The monoisotopic (exact) mass is 292 g/mol. The predicted octanol–water partition coefficient (Wildman–Crippen LogP) is 3.55. The summed E-state index contributed by atoms with van der Waals surface area (Å²) in [5.74, 6) is 1.96. The molecular weight excluding hydrogens is 272 g/mol. The topological polar surface area (TPSA) is 27.1 Å². The van der Waals surface area contributed by atoms with Crippen molar-refractivity contribution in [1.29, 1.82) is 0 Å². The van der Waals surface area contributed by atoms with Crippen molar-refractivity contribution in [3.8, 4) is 5.75 Å². The maximum Gasteiger partial charge on any atom is 0.119 e. The third-order valence-electron chi connectivity index (χ3n) is 3.41. The highest BCUT2D eigenvalue weighted by molar-refractivity contribution is 6.18. The molecule has 20 heavy (non-hydrogen) atoms. The number of hydrogen-bond donors (Lipinski definition) is 0. The number of aryl methyl sites for hydroxylation is 1. The van der Waals surface area contributed by atoms with Crippen LogP contribution in [-0.2, 0) is 19.4 Å². The van der Waals surface area contributed by atoms with Crippen LogP contribution in [0.2, 0.25) is 0 Å². The van der Waals surface area contributed by atoms with Crippen LogP contribution in [0.3, 0.4) is 0 Å². The van der Waals surface area contributed by atoms with Crippen molar-refractivity contribution < 1.29 is 4.74 Å². The predicted molar refractivity (Wildman–Crippen MR) is 82.5 cm³/mol. The lowest BCUT2D eigenvalue weighted by molar-refractivity contribution is 0.414. The number of alkyl halides is 1. The molecule has 0 saturated carbocycles. The molecule has 0 spiro atoms. The molecule has 2 aromatic rings. The first-order valence-electron chi connectivity index (χ1n) is 6.95. The molecule has 1 aromatic carbocycles. The maximum absolute atomic E-state index is 6.12. The van der Waals surface area contributed by atoms with Crippen LogP contribution in [0.5, 0.6) is 5.75 Å². The fraction of sp³-hybridized carbons (Fsp3) is 0.438. The lowest BCUT2D eigenvalue weighted by atomic mass is 9.95. The van der Waals surface area contributed by atoms with Crippen LogP contribution in [0, 0.1) is 5.92 Å². The van der Waals surface area contributed by atoms with E-state index in [9.17, 15) is 0 Å². The zero-order valence-electron chi connectivity index (χ0n) is 12.1. The Morgan fingerprint density at radius 1 is 1.30 bits per heavy atom. The SMILES string of the molecule is CCn1cc(CC(CCl)Cc2cccc(OC)c2)cn1. The summed E-state index contributed by atoms with van der Waals surface area (Å²) in [6.07, 6.45) is 5.96. The van der Waals surface area contributed by atoms with Crippen molar-refractivity contribution >= 4 is 11.6 Å². The van der Waals surface area contributed by atoms with Crippen LogP contribution in [0.25, 0.3) is 0 Å². The molecule has 0 amide bonds. The van der Waals surface area contributed by atoms with Gasteiger partial charge in [0.1, 0.15) is 5.75 Å². The van der Waals surface area contributed by atoms with Crippen LogP contribution in [-0.4, -0.2) is 22.8 Å². The maximum atomic E-state index is 6.12. The molecule has 0 bridgehead atoms. The molecule has 1 unspecified atom stereocenters. The Balaban J connectivity index is 2.00. The largest absolute Gasteiger partial charge is 0.497 e. The first-order chi connectivity index (χ1) is 9.75. The van der Waals surface area contributed by atoms with Gasteiger partial charge in [0.15, 0.2) is 0 Å². The first kappa shape index (κ1) is 14.9. The van der Waals surface area contributed by atoms with Gasteiger partial charge in [0, 0.05) is 18.6 Å². The van der Waals surface area contributed by atoms with Crippen LogP contribution in [0.4, 0.5) is 0 Å². The van der Waals surface area contributed by atoms with Gasteiger partial charge in [-0.15, -0.1) is 11.6 Å². The molecule has 0 aliphatic rings. The number of nitrogens with zero attached hydrogens (tertiary/aromatic N) is 2. The molecule has 108 valence electrons. The number of benzene rings is 1. The zero-order valence-corrected chi connectivity index (χ0v) is 12.8. The van der Waals surface area contributed by atoms with Gasteiger partial charge in [-0.05, 0) is 48.9 Å². The van der Waals surface area contributed by atoms with E-state index >= 15 is 0 Å². The smallest absolute Gasteiger partial charge is 0.119 e. The van der Waals surface area contributed by atoms with Crippen molar-refractivity contribution in [3.05, 3.63) is 47.8 Å². The molecular formula is C16H21ClN2O. The number of rotatable bonds is 7. The lowest BCUT2D eigenvalue weighted by Crippen LogP contribution is -2.10. The van der Waals surface area contributed by atoms with Gasteiger partial charge in [0.2, 0.25) is 0 Å². The molecule has 2 rings (SSSR count). The van der Waals surface area contributed by atoms with Crippen LogP contribution >= 0.6 is 11.6 Å². The zero-order chi connectivity index (χ0) is 14.4. The van der Waals surface area contributed by atoms with Gasteiger partial charge < -0.3 is 4.74 Å². The van der Waals surface area contributed by atoms with E-state index in [1.165, 1.54) is 11.1 Å². The number of methoxy groups -OCH3 is 1. The first-order valence-corrected chi connectivity index (χ1v) is 7.48. The van der Waals surface area contributed by atoms with E-state index in [0.717, 1.165) is 25.1 Å². The van der Waals surface area contributed by atoms with E-state index in [2.05, 4.69) is 30.4 Å². The Bertz CT molecular complexity index is 539. The number of hydrogen-bond acceptors (Lipinski definition) is 2. The third kappa shape index (κ3) is 4.01. The van der Waals surface area contributed by atoms with Gasteiger partial charge in [-0.3, -0.25) is 4.68 Å². The molecule has 1 atom stereocenters. The molecule has 3 nitrogen and oxygen atoms in total. The minimum absolute atomic E-state index is 0.415. The van der Waals surface area contributed by atoms with E-state index in [0.29, 0.717) is 11.8 Å². The molecule has 0 aliphatic heterocycles. The van der Waals surface area contributed by atoms with Crippen LogP contribution in [0.1, 0.15) is 18.1 Å². The Hall–Kier alpha value is -1.48.